The molecule has 4 nitrogen and oxygen atoms in total. The van der Waals surface area contributed by atoms with Gasteiger partial charge in [-0.2, -0.15) is 5.26 Å². The van der Waals surface area contributed by atoms with E-state index in [0.717, 1.165) is 12.0 Å². The van der Waals surface area contributed by atoms with Gasteiger partial charge in [0.2, 0.25) is 0 Å². The highest BCUT2D eigenvalue weighted by atomic mass is 35.5. The molecule has 6 heteroatoms. The van der Waals surface area contributed by atoms with E-state index in [4.69, 9.17) is 11.6 Å². The molecular weight excluding hydrogens is 358 g/mol. The minimum absolute atomic E-state index is 0.0658. The Balaban J connectivity index is 2.05. The summed E-state index contributed by atoms with van der Waals surface area (Å²) in [5.74, 6) is -0.665. The Bertz CT molecular complexity index is 946. The van der Waals surface area contributed by atoms with Gasteiger partial charge in [-0.15, -0.1) is 0 Å². The van der Waals surface area contributed by atoms with Crippen molar-refractivity contribution in [2.24, 2.45) is 5.41 Å². The molecule has 2 aromatic rings. The van der Waals surface area contributed by atoms with Crippen LogP contribution in [0, 0.1) is 16.7 Å². The number of carbonyl (C=O) groups excluding carboxylic acids is 1. The molecule has 0 radical (unpaired) electrons. The van der Waals surface area contributed by atoms with Crippen molar-refractivity contribution in [1.82, 2.24) is 0 Å². The Hall–Kier alpha value is -2.16. The fraction of sp³-hybridized carbons (Fsp3) is 0.263. The molecule has 0 aromatic heterocycles. The van der Waals surface area contributed by atoms with Crippen molar-refractivity contribution in [3.63, 3.8) is 0 Å². The quantitative estimate of drug-likeness (QED) is 0.751. The molecular formula is C19H16ClNO3S. The first-order valence-electron chi connectivity index (χ1n) is 7.86. The van der Waals surface area contributed by atoms with Crippen molar-refractivity contribution in [3.8, 4) is 6.07 Å². The van der Waals surface area contributed by atoms with Crippen molar-refractivity contribution >= 4 is 27.7 Å². The zero-order chi connectivity index (χ0) is 18.2. The van der Waals surface area contributed by atoms with Crippen LogP contribution in [0.4, 0.5) is 0 Å². The van der Waals surface area contributed by atoms with E-state index in [1.165, 1.54) is 24.3 Å². The van der Waals surface area contributed by atoms with Gasteiger partial charge in [-0.05, 0) is 41.8 Å². The van der Waals surface area contributed by atoms with Crippen LogP contribution in [0.25, 0.3) is 0 Å². The maximum atomic E-state index is 13.0. The van der Waals surface area contributed by atoms with Crippen LogP contribution in [-0.2, 0) is 21.1 Å². The third-order valence-electron chi connectivity index (χ3n) is 4.79. The molecule has 0 spiro atoms. The highest BCUT2D eigenvalue weighted by Crippen LogP contribution is 2.62. The third kappa shape index (κ3) is 2.76. The Labute approximate surface area is 152 Å². The summed E-state index contributed by atoms with van der Waals surface area (Å²) in [6, 6.07) is 15.1. The number of nitrogens with zero attached hydrogens (tertiary/aromatic N) is 1. The van der Waals surface area contributed by atoms with E-state index in [2.05, 4.69) is 0 Å². The molecule has 0 aliphatic heterocycles. The van der Waals surface area contributed by atoms with Gasteiger partial charge >= 0.3 is 0 Å². The van der Waals surface area contributed by atoms with Crippen molar-refractivity contribution < 1.29 is 13.2 Å². The van der Waals surface area contributed by atoms with Crippen LogP contribution in [0.5, 0.6) is 0 Å². The van der Waals surface area contributed by atoms with E-state index in [9.17, 15) is 18.5 Å². The molecule has 1 aliphatic rings. The lowest BCUT2D eigenvalue weighted by Crippen LogP contribution is -2.16. The minimum atomic E-state index is -3.84. The van der Waals surface area contributed by atoms with Gasteiger partial charge in [0.05, 0.1) is 11.0 Å². The SMILES string of the molecule is CCc1ccc([C@H]2[C@H](S(=O)(=O)c3ccc(Cl)cc3)[C@@]2(C#N)C=O)cc1. The Morgan fingerprint density at radius 2 is 1.76 bits per heavy atom. The summed E-state index contributed by atoms with van der Waals surface area (Å²) in [5.41, 5.74) is 0.246. The van der Waals surface area contributed by atoms with Gasteiger partial charge in [-0.3, -0.25) is 0 Å². The van der Waals surface area contributed by atoms with Crippen molar-refractivity contribution in [2.75, 3.05) is 0 Å². The molecule has 3 rings (SSSR count). The number of carbonyl (C=O) groups is 1. The zero-order valence-corrected chi connectivity index (χ0v) is 15.1. The summed E-state index contributed by atoms with van der Waals surface area (Å²) in [6.45, 7) is 2.02. The smallest absolute Gasteiger partial charge is 0.183 e. The molecule has 0 bridgehead atoms. The fourth-order valence-electron chi connectivity index (χ4n) is 3.29. The molecule has 0 saturated heterocycles. The molecule has 1 saturated carbocycles. The second-order valence-corrected chi connectivity index (χ2v) is 8.66. The maximum Gasteiger partial charge on any atom is 0.183 e. The number of aldehydes is 1. The summed E-state index contributed by atoms with van der Waals surface area (Å²) < 4.78 is 26.0. The van der Waals surface area contributed by atoms with E-state index >= 15 is 0 Å². The summed E-state index contributed by atoms with van der Waals surface area (Å²) in [6.07, 6.45) is 1.33. The predicted molar refractivity (Wildman–Crippen MR) is 95.1 cm³/mol. The number of nitriles is 1. The lowest BCUT2D eigenvalue weighted by atomic mass is 10.0. The van der Waals surface area contributed by atoms with Gasteiger partial charge in [0.15, 0.2) is 9.84 Å². The first kappa shape index (κ1) is 17.7. The Kier molecular flexibility index (Phi) is 4.44. The van der Waals surface area contributed by atoms with Crippen LogP contribution in [0.3, 0.4) is 0 Å². The van der Waals surface area contributed by atoms with Crippen molar-refractivity contribution in [1.29, 1.82) is 5.26 Å². The van der Waals surface area contributed by atoms with Crippen LogP contribution in [0.15, 0.2) is 53.4 Å². The molecule has 0 unspecified atom stereocenters. The van der Waals surface area contributed by atoms with E-state index < -0.39 is 26.4 Å². The average Bonchev–Trinajstić information content (AvgIpc) is 3.33. The predicted octanol–water partition coefficient (Wildman–Crippen LogP) is 3.55. The first-order chi connectivity index (χ1) is 11.9. The maximum absolute atomic E-state index is 13.0. The Morgan fingerprint density at radius 1 is 1.16 bits per heavy atom. The molecule has 0 amide bonds. The highest BCUT2D eigenvalue weighted by Gasteiger charge is 2.72. The molecule has 128 valence electrons. The van der Waals surface area contributed by atoms with E-state index in [1.54, 1.807) is 12.1 Å². The molecule has 1 fully saturated rings. The normalized spacial score (nSPS) is 25.2. The lowest BCUT2D eigenvalue weighted by Gasteiger charge is -2.05. The number of hydrogen-bond acceptors (Lipinski definition) is 4. The monoisotopic (exact) mass is 373 g/mol. The van der Waals surface area contributed by atoms with E-state index in [1.807, 2.05) is 25.1 Å². The van der Waals surface area contributed by atoms with Gasteiger partial charge < -0.3 is 4.79 Å². The molecule has 0 heterocycles. The van der Waals surface area contributed by atoms with Gasteiger partial charge in [0.25, 0.3) is 0 Å². The zero-order valence-electron chi connectivity index (χ0n) is 13.5. The molecule has 25 heavy (non-hydrogen) atoms. The number of halogens is 1. The average molecular weight is 374 g/mol. The van der Waals surface area contributed by atoms with E-state index in [0.29, 0.717) is 16.9 Å². The van der Waals surface area contributed by atoms with Crippen molar-refractivity contribution in [2.45, 2.75) is 29.4 Å². The third-order valence-corrected chi connectivity index (χ3v) is 7.30. The van der Waals surface area contributed by atoms with Crippen LogP contribution < -0.4 is 0 Å². The standard InChI is InChI=1S/C19H16ClNO3S/c1-2-13-3-5-14(6-4-13)17-18(19(17,11-21)12-22)25(23,24)16-9-7-15(20)8-10-16/h3-10,12,17-18H,2H2,1H3/t17-,18-,19-/m0/s1. The number of hydrogen-bond donors (Lipinski definition) is 0. The minimum Gasteiger partial charge on any atom is -0.302 e. The number of sulfone groups is 1. The lowest BCUT2D eigenvalue weighted by molar-refractivity contribution is -0.110. The first-order valence-corrected chi connectivity index (χ1v) is 9.79. The molecule has 3 atom stereocenters. The number of aryl methyl sites for hydroxylation is 1. The van der Waals surface area contributed by atoms with Crippen LogP contribution in [0.1, 0.15) is 24.0 Å². The second-order valence-electron chi connectivity index (χ2n) is 6.16. The fourth-order valence-corrected chi connectivity index (χ4v) is 5.66. The number of benzene rings is 2. The van der Waals surface area contributed by atoms with Gasteiger partial charge in [0, 0.05) is 10.9 Å². The van der Waals surface area contributed by atoms with Crippen LogP contribution in [0.2, 0.25) is 5.02 Å². The number of rotatable bonds is 5. The second kappa shape index (κ2) is 6.29. The van der Waals surface area contributed by atoms with Gasteiger partial charge in [-0.1, -0.05) is 42.8 Å². The molecule has 1 aliphatic carbocycles. The van der Waals surface area contributed by atoms with E-state index in [-0.39, 0.29) is 4.90 Å². The largest absolute Gasteiger partial charge is 0.302 e. The Morgan fingerprint density at radius 3 is 2.24 bits per heavy atom. The highest BCUT2D eigenvalue weighted by molar-refractivity contribution is 7.92. The van der Waals surface area contributed by atoms with Gasteiger partial charge in [0.1, 0.15) is 17.0 Å². The van der Waals surface area contributed by atoms with Gasteiger partial charge in [-0.25, -0.2) is 8.42 Å². The summed E-state index contributed by atoms with van der Waals surface area (Å²) >= 11 is 5.82. The summed E-state index contributed by atoms with van der Waals surface area (Å²) in [7, 11) is -3.84. The molecule has 0 N–H and O–H groups in total. The molecule has 2 aromatic carbocycles. The van der Waals surface area contributed by atoms with Crippen LogP contribution >= 0.6 is 11.6 Å². The summed E-state index contributed by atoms with van der Waals surface area (Å²) in [5, 5.41) is 8.88. The topological polar surface area (TPSA) is 75.0 Å². The summed E-state index contributed by atoms with van der Waals surface area (Å²) in [4.78, 5) is 11.7. The van der Waals surface area contributed by atoms with Crippen LogP contribution in [-0.4, -0.2) is 20.0 Å². The van der Waals surface area contributed by atoms with Crippen molar-refractivity contribution in [3.05, 3.63) is 64.7 Å².